The first-order valence-corrected chi connectivity index (χ1v) is 9.53. The molecule has 0 amide bonds. The monoisotopic (exact) mass is 457 g/mol. The van der Waals surface area contributed by atoms with E-state index in [1.165, 1.54) is 11.5 Å². The SMILES string of the molecule is Cc1c(C(=O)O)sc2c1c(=O)n(CCc1cccnc1)c(=O)n2CCC=C(F)F.Cl. The lowest BCUT2D eigenvalue weighted by Gasteiger charge is -2.11. The maximum atomic E-state index is 13.0. The number of allylic oxidation sites excluding steroid dienone is 1. The Bertz CT molecular complexity index is 1210. The number of fused-ring (bicyclic) bond motifs is 1. The van der Waals surface area contributed by atoms with Crippen LogP contribution in [0.4, 0.5) is 8.78 Å². The first-order chi connectivity index (χ1) is 13.8. The number of rotatable bonds is 7. The number of aryl methyl sites for hydroxylation is 3. The smallest absolute Gasteiger partial charge is 0.346 e. The van der Waals surface area contributed by atoms with Crippen LogP contribution in [-0.4, -0.2) is 25.2 Å². The first-order valence-electron chi connectivity index (χ1n) is 8.71. The number of carboxylic acid groups (broad SMARTS) is 1. The quantitative estimate of drug-likeness (QED) is 0.586. The number of carboxylic acids is 1. The Morgan fingerprint density at radius 3 is 2.60 bits per heavy atom. The van der Waals surface area contributed by atoms with Gasteiger partial charge in [-0.1, -0.05) is 6.07 Å². The molecule has 0 unspecified atom stereocenters. The maximum Gasteiger partial charge on any atom is 0.346 e. The third kappa shape index (κ3) is 4.65. The van der Waals surface area contributed by atoms with Crippen molar-refractivity contribution < 1.29 is 18.7 Å². The van der Waals surface area contributed by atoms with E-state index >= 15 is 0 Å². The first kappa shape index (κ1) is 23.4. The molecule has 11 heteroatoms. The van der Waals surface area contributed by atoms with Crippen LogP contribution in [0.15, 0.2) is 46.3 Å². The standard InChI is InChI=1S/C19H17F2N3O4S.ClH/c1-11-14-16(25)23(9-6-12-4-2-7-22-10-12)19(28)24(8-3-5-13(20)21)17(14)29-15(11)18(26)27;/h2,4-5,7,10H,3,6,8-9H2,1H3,(H,26,27);1H. The molecule has 30 heavy (non-hydrogen) atoms. The van der Waals surface area contributed by atoms with Gasteiger partial charge in [-0.25, -0.2) is 9.59 Å². The van der Waals surface area contributed by atoms with Gasteiger partial charge in [0.05, 0.1) is 5.39 Å². The van der Waals surface area contributed by atoms with E-state index in [4.69, 9.17) is 0 Å². The van der Waals surface area contributed by atoms with Crippen LogP contribution in [0, 0.1) is 6.92 Å². The van der Waals surface area contributed by atoms with Crippen molar-refractivity contribution in [3.8, 4) is 0 Å². The molecule has 0 saturated carbocycles. The average molecular weight is 458 g/mol. The molecule has 0 spiro atoms. The third-order valence-electron chi connectivity index (χ3n) is 4.49. The van der Waals surface area contributed by atoms with Crippen molar-refractivity contribution in [1.29, 1.82) is 0 Å². The van der Waals surface area contributed by atoms with Crippen LogP contribution in [0.5, 0.6) is 0 Å². The topological polar surface area (TPSA) is 94.2 Å². The molecule has 3 aromatic heterocycles. The number of hydrogen-bond acceptors (Lipinski definition) is 5. The van der Waals surface area contributed by atoms with Gasteiger partial charge in [-0.15, -0.1) is 23.7 Å². The Morgan fingerprint density at radius 2 is 2.00 bits per heavy atom. The maximum absolute atomic E-state index is 13.0. The lowest BCUT2D eigenvalue weighted by molar-refractivity contribution is 0.0701. The van der Waals surface area contributed by atoms with E-state index in [1.54, 1.807) is 18.5 Å². The molecule has 0 aliphatic rings. The Kier molecular flexibility index (Phi) is 7.63. The van der Waals surface area contributed by atoms with Crippen molar-refractivity contribution in [2.24, 2.45) is 0 Å². The zero-order valence-electron chi connectivity index (χ0n) is 15.8. The minimum Gasteiger partial charge on any atom is -0.477 e. The van der Waals surface area contributed by atoms with Crippen LogP contribution in [0.25, 0.3) is 10.2 Å². The molecule has 7 nitrogen and oxygen atoms in total. The van der Waals surface area contributed by atoms with Crippen molar-refractivity contribution in [2.75, 3.05) is 0 Å². The Hall–Kier alpha value is -2.85. The van der Waals surface area contributed by atoms with Gasteiger partial charge in [-0.05, 0) is 43.0 Å². The molecular weight excluding hydrogens is 440 g/mol. The van der Waals surface area contributed by atoms with E-state index in [-0.39, 0.29) is 52.6 Å². The summed E-state index contributed by atoms with van der Waals surface area (Å²) in [6.45, 7) is 1.47. The normalized spacial score (nSPS) is 10.6. The molecule has 0 aromatic carbocycles. The minimum atomic E-state index is -1.87. The summed E-state index contributed by atoms with van der Waals surface area (Å²) in [5.74, 6) is -1.21. The van der Waals surface area contributed by atoms with Crippen molar-refractivity contribution in [1.82, 2.24) is 14.1 Å². The zero-order valence-corrected chi connectivity index (χ0v) is 17.4. The van der Waals surface area contributed by atoms with Gasteiger partial charge in [0.15, 0.2) is 0 Å². The summed E-state index contributed by atoms with van der Waals surface area (Å²) < 4.78 is 27.1. The van der Waals surface area contributed by atoms with Gasteiger partial charge in [-0.3, -0.25) is 18.9 Å². The minimum absolute atomic E-state index is 0. The summed E-state index contributed by atoms with van der Waals surface area (Å²) in [4.78, 5) is 41.5. The number of halogens is 3. The van der Waals surface area contributed by atoms with E-state index in [1.807, 2.05) is 6.07 Å². The lowest BCUT2D eigenvalue weighted by atomic mass is 10.2. The van der Waals surface area contributed by atoms with Crippen LogP contribution in [0.2, 0.25) is 0 Å². The number of hydrogen-bond donors (Lipinski definition) is 1. The Labute approximate surface area is 179 Å². The molecule has 0 aliphatic heterocycles. The summed E-state index contributed by atoms with van der Waals surface area (Å²) in [5, 5.41) is 9.51. The molecule has 3 rings (SSSR count). The van der Waals surface area contributed by atoms with Gasteiger partial charge >= 0.3 is 11.7 Å². The van der Waals surface area contributed by atoms with Gasteiger partial charge in [-0.2, -0.15) is 8.78 Å². The van der Waals surface area contributed by atoms with Crippen molar-refractivity contribution >= 4 is 39.9 Å². The molecule has 3 aromatic rings. The molecule has 160 valence electrons. The van der Waals surface area contributed by atoms with E-state index in [0.717, 1.165) is 21.5 Å². The van der Waals surface area contributed by atoms with Crippen LogP contribution in [-0.2, 0) is 19.5 Å². The second kappa shape index (κ2) is 9.77. The number of carbonyl (C=O) groups is 1. The molecule has 0 fully saturated rings. The summed E-state index contributed by atoms with van der Waals surface area (Å²) in [7, 11) is 0. The van der Waals surface area contributed by atoms with E-state index in [9.17, 15) is 28.3 Å². The molecule has 0 saturated heterocycles. The number of thiophene rings is 1. The number of nitrogens with zero attached hydrogens (tertiary/aromatic N) is 3. The van der Waals surface area contributed by atoms with Gasteiger partial charge in [0.25, 0.3) is 11.6 Å². The summed E-state index contributed by atoms with van der Waals surface area (Å²) in [5.41, 5.74) is -0.157. The highest BCUT2D eigenvalue weighted by Gasteiger charge is 2.22. The van der Waals surface area contributed by atoms with Gasteiger partial charge in [0.2, 0.25) is 0 Å². The predicted molar refractivity (Wildman–Crippen MR) is 112 cm³/mol. The molecule has 0 atom stereocenters. The highest BCUT2D eigenvalue weighted by molar-refractivity contribution is 7.20. The Balaban J connectivity index is 0.00000320. The van der Waals surface area contributed by atoms with Gasteiger partial charge in [0, 0.05) is 25.5 Å². The van der Waals surface area contributed by atoms with Crippen molar-refractivity contribution in [3.63, 3.8) is 0 Å². The highest BCUT2D eigenvalue weighted by Crippen LogP contribution is 2.28. The van der Waals surface area contributed by atoms with Crippen LogP contribution < -0.4 is 11.2 Å². The van der Waals surface area contributed by atoms with Crippen LogP contribution >= 0.6 is 23.7 Å². The van der Waals surface area contributed by atoms with Gasteiger partial charge in [0.1, 0.15) is 9.71 Å². The summed E-state index contributed by atoms with van der Waals surface area (Å²) >= 11 is 0.801. The van der Waals surface area contributed by atoms with E-state index < -0.39 is 23.3 Å². The molecule has 1 N–H and O–H groups in total. The fourth-order valence-corrected chi connectivity index (χ4v) is 4.24. The van der Waals surface area contributed by atoms with Gasteiger partial charge < -0.3 is 5.11 Å². The molecule has 0 bridgehead atoms. The molecule has 3 heterocycles. The zero-order chi connectivity index (χ0) is 21.1. The number of pyridine rings is 1. The summed E-state index contributed by atoms with van der Waals surface area (Å²) in [6.07, 6.45) is 2.28. The van der Waals surface area contributed by atoms with Crippen molar-refractivity contribution in [3.05, 3.63) is 73.5 Å². The molecule has 0 radical (unpaired) electrons. The highest BCUT2D eigenvalue weighted by atomic mass is 35.5. The van der Waals surface area contributed by atoms with E-state index in [2.05, 4.69) is 4.98 Å². The predicted octanol–water partition coefficient (Wildman–Crippen LogP) is 3.46. The molecular formula is C19H18ClF2N3O4S. The second-order valence-corrected chi connectivity index (χ2v) is 7.33. The Morgan fingerprint density at radius 1 is 1.27 bits per heavy atom. The lowest BCUT2D eigenvalue weighted by Crippen LogP contribution is -2.40. The summed E-state index contributed by atoms with van der Waals surface area (Å²) in [6, 6.07) is 3.54. The largest absolute Gasteiger partial charge is 0.477 e. The van der Waals surface area contributed by atoms with Crippen LogP contribution in [0.1, 0.15) is 27.2 Å². The van der Waals surface area contributed by atoms with Crippen LogP contribution in [0.3, 0.4) is 0 Å². The number of aromatic carboxylic acids is 1. The second-order valence-electron chi connectivity index (χ2n) is 6.33. The van der Waals surface area contributed by atoms with Crippen molar-refractivity contribution in [2.45, 2.75) is 32.9 Å². The third-order valence-corrected chi connectivity index (χ3v) is 5.79. The molecule has 0 aliphatic carbocycles. The average Bonchev–Trinajstić information content (AvgIpc) is 3.02. The fraction of sp³-hybridized carbons (Fsp3) is 0.263. The fourth-order valence-electron chi connectivity index (χ4n) is 3.08. The number of aromatic nitrogens is 3. The van der Waals surface area contributed by atoms with E-state index in [0.29, 0.717) is 12.5 Å².